The highest BCUT2D eigenvalue weighted by Crippen LogP contribution is 2.32. The summed E-state index contributed by atoms with van der Waals surface area (Å²) in [4.78, 5) is 28.8. The minimum absolute atomic E-state index is 0.199. The van der Waals surface area contributed by atoms with Gasteiger partial charge < -0.3 is 20.3 Å². The van der Waals surface area contributed by atoms with Crippen molar-refractivity contribution in [2.45, 2.75) is 77.1 Å². The van der Waals surface area contributed by atoms with Gasteiger partial charge in [-0.25, -0.2) is 0 Å². The van der Waals surface area contributed by atoms with Gasteiger partial charge >= 0.3 is 0 Å². The average molecular weight is 526 g/mol. The zero-order valence-electron chi connectivity index (χ0n) is 23.6. The minimum atomic E-state index is -0.518. The highest BCUT2D eigenvalue weighted by Gasteiger charge is 2.36. The number of rotatable bonds is 11. The molecule has 0 aliphatic carbocycles. The van der Waals surface area contributed by atoms with E-state index < -0.39 is 5.60 Å². The van der Waals surface area contributed by atoms with Gasteiger partial charge in [0.25, 0.3) is 0 Å². The summed E-state index contributed by atoms with van der Waals surface area (Å²) >= 11 is 0. The summed E-state index contributed by atoms with van der Waals surface area (Å²) in [5, 5.41) is 9.18. The number of imide groups is 1. The van der Waals surface area contributed by atoms with Gasteiger partial charge in [-0.05, 0) is 55.9 Å². The van der Waals surface area contributed by atoms with E-state index in [4.69, 9.17) is 4.74 Å². The molecule has 1 aromatic carbocycles. The Morgan fingerprint density at radius 2 is 1.92 bits per heavy atom. The second-order valence-corrected chi connectivity index (χ2v) is 11.5. The number of nitrogens with zero attached hydrogens (tertiary/aromatic N) is 2. The summed E-state index contributed by atoms with van der Waals surface area (Å²) < 4.78 is 6.74. The third-order valence-corrected chi connectivity index (χ3v) is 8.75. The van der Waals surface area contributed by atoms with Crippen molar-refractivity contribution in [1.82, 2.24) is 20.9 Å². The smallest absolute Gasteiger partial charge is 0.243 e. The summed E-state index contributed by atoms with van der Waals surface area (Å²) in [6, 6.07) is 8.85. The molecule has 3 N–H and O–H groups in total. The first kappa shape index (κ1) is 28.7. The Bertz CT molecular complexity index is 976. The Morgan fingerprint density at radius 1 is 1.16 bits per heavy atom. The van der Waals surface area contributed by atoms with Gasteiger partial charge in [-0.1, -0.05) is 45.0 Å². The summed E-state index contributed by atoms with van der Waals surface area (Å²) in [5.74, 6) is -0.223. The number of likely N-dealkylation sites (tertiary alicyclic amines) is 1. The molecule has 3 fully saturated rings. The van der Waals surface area contributed by atoms with Crippen molar-refractivity contribution in [3.05, 3.63) is 42.0 Å². The summed E-state index contributed by atoms with van der Waals surface area (Å²) in [6.45, 7) is 18.1. The zero-order chi connectivity index (χ0) is 27.1. The molecule has 3 aliphatic rings. The predicted octanol–water partition coefficient (Wildman–Crippen LogP) is 2.83. The SMILES string of the molecule is C=C(CNC1CCC(=O)NC1=O)C(C)(OC[C@H]1CCCCN1Cc1ccccc1N1CCNCC1)C(C)C. The molecule has 8 heteroatoms. The fourth-order valence-corrected chi connectivity index (χ4v) is 5.79. The number of benzene rings is 1. The standard InChI is InChI=1S/C30H47N5O3/c1-22(2)30(4,23(3)19-32-26-12-13-28(36)33-29(26)37)38-21-25-10-7-8-16-35(25)20-24-9-5-6-11-27(24)34-17-14-31-15-18-34/h5-6,9,11,22,25-26,31-32H,3,7-8,10,12-21H2,1-2,4H3,(H,33,36,37)/t25-,26?,30?/m1/s1. The van der Waals surface area contributed by atoms with Crippen LogP contribution in [-0.4, -0.2) is 80.3 Å². The number of para-hydroxylation sites is 1. The number of hydrogen-bond acceptors (Lipinski definition) is 7. The molecule has 4 rings (SSSR count). The van der Waals surface area contributed by atoms with E-state index in [9.17, 15) is 9.59 Å². The third-order valence-electron chi connectivity index (χ3n) is 8.75. The van der Waals surface area contributed by atoms with Crippen molar-refractivity contribution < 1.29 is 14.3 Å². The van der Waals surface area contributed by atoms with Gasteiger partial charge in [0.15, 0.2) is 0 Å². The molecule has 2 unspecified atom stereocenters. The Kier molecular flexibility index (Phi) is 9.98. The number of piperazine rings is 1. The highest BCUT2D eigenvalue weighted by atomic mass is 16.5. The van der Waals surface area contributed by atoms with Crippen LogP contribution in [0, 0.1) is 5.92 Å². The van der Waals surface area contributed by atoms with Crippen molar-refractivity contribution in [2.75, 3.05) is 50.8 Å². The molecular weight excluding hydrogens is 478 g/mol. The summed E-state index contributed by atoms with van der Waals surface area (Å²) in [6.07, 6.45) is 4.45. The van der Waals surface area contributed by atoms with Crippen LogP contribution < -0.4 is 20.9 Å². The van der Waals surface area contributed by atoms with E-state index in [0.29, 0.717) is 32.0 Å². The third kappa shape index (κ3) is 7.03. The van der Waals surface area contributed by atoms with Crippen LogP contribution in [-0.2, 0) is 20.9 Å². The van der Waals surface area contributed by atoms with Crippen molar-refractivity contribution in [3.8, 4) is 0 Å². The number of piperidine rings is 2. The maximum Gasteiger partial charge on any atom is 0.243 e. The fourth-order valence-electron chi connectivity index (χ4n) is 5.79. The van der Waals surface area contributed by atoms with Crippen LogP contribution in [0.4, 0.5) is 5.69 Å². The highest BCUT2D eigenvalue weighted by molar-refractivity contribution is 6.00. The summed E-state index contributed by atoms with van der Waals surface area (Å²) in [5.41, 5.74) is 3.17. The molecule has 38 heavy (non-hydrogen) atoms. The quantitative estimate of drug-likeness (QED) is 0.303. The lowest BCUT2D eigenvalue weighted by Crippen LogP contribution is -2.52. The lowest BCUT2D eigenvalue weighted by Gasteiger charge is -2.42. The van der Waals surface area contributed by atoms with Crippen LogP contribution in [0.5, 0.6) is 0 Å². The first-order chi connectivity index (χ1) is 18.3. The maximum atomic E-state index is 12.2. The van der Waals surface area contributed by atoms with E-state index in [1.165, 1.54) is 24.1 Å². The van der Waals surface area contributed by atoms with Crippen LogP contribution in [0.3, 0.4) is 0 Å². The van der Waals surface area contributed by atoms with Gasteiger partial charge in [-0.15, -0.1) is 0 Å². The normalized spacial score (nSPS) is 24.8. The first-order valence-corrected chi connectivity index (χ1v) is 14.4. The molecule has 1 aromatic rings. The van der Waals surface area contributed by atoms with E-state index in [1.807, 2.05) is 0 Å². The molecule has 3 saturated heterocycles. The molecule has 0 saturated carbocycles. The number of nitrogens with one attached hydrogen (secondary N) is 3. The Morgan fingerprint density at radius 3 is 2.66 bits per heavy atom. The molecule has 0 aromatic heterocycles. The molecule has 2 amide bonds. The number of hydrogen-bond donors (Lipinski definition) is 3. The minimum Gasteiger partial charge on any atom is -0.369 e. The molecular formula is C30H47N5O3. The summed E-state index contributed by atoms with van der Waals surface area (Å²) in [7, 11) is 0. The van der Waals surface area contributed by atoms with Crippen molar-refractivity contribution in [1.29, 1.82) is 0 Å². The Labute approximate surface area is 228 Å². The molecule has 210 valence electrons. The van der Waals surface area contributed by atoms with Crippen molar-refractivity contribution in [3.63, 3.8) is 0 Å². The van der Waals surface area contributed by atoms with E-state index in [-0.39, 0.29) is 23.8 Å². The van der Waals surface area contributed by atoms with Crippen LogP contribution in [0.1, 0.15) is 58.4 Å². The largest absolute Gasteiger partial charge is 0.369 e. The van der Waals surface area contributed by atoms with Gasteiger partial charge in [-0.2, -0.15) is 0 Å². The van der Waals surface area contributed by atoms with Gasteiger partial charge in [0.1, 0.15) is 0 Å². The van der Waals surface area contributed by atoms with E-state index in [0.717, 1.165) is 51.3 Å². The van der Waals surface area contributed by atoms with Crippen LogP contribution in [0.15, 0.2) is 36.4 Å². The lowest BCUT2D eigenvalue weighted by atomic mass is 9.84. The number of carbonyl (C=O) groups is 2. The Balaban J connectivity index is 1.38. The van der Waals surface area contributed by atoms with Crippen LogP contribution in [0.2, 0.25) is 0 Å². The van der Waals surface area contributed by atoms with E-state index in [1.54, 1.807) is 0 Å². The second kappa shape index (κ2) is 13.2. The van der Waals surface area contributed by atoms with Gasteiger partial charge in [0, 0.05) is 57.4 Å². The fraction of sp³-hybridized carbons (Fsp3) is 0.667. The Hall–Kier alpha value is -2.26. The first-order valence-electron chi connectivity index (χ1n) is 14.4. The van der Waals surface area contributed by atoms with Crippen molar-refractivity contribution >= 4 is 17.5 Å². The van der Waals surface area contributed by atoms with Crippen LogP contribution >= 0.6 is 0 Å². The van der Waals surface area contributed by atoms with Gasteiger partial charge in [0.05, 0.1) is 18.2 Å². The molecule has 0 bridgehead atoms. The molecule has 8 nitrogen and oxygen atoms in total. The van der Waals surface area contributed by atoms with Crippen LogP contribution in [0.25, 0.3) is 0 Å². The van der Waals surface area contributed by atoms with E-state index >= 15 is 0 Å². The van der Waals surface area contributed by atoms with E-state index in [2.05, 4.69) is 77.4 Å². The van der Waals surface area contributed by atoms with Crippen molar-refractivity contribution in [2.24, 2.45) is 5.92 Å². The number of amides is 2. The average Bonchev–Trinajstić information content (AvgIpc) is 2.92. The number of carbonyl (C=O) groups excluding carboxylic acids is 2. The zero-order valence-corrected chi connectivity index (χ0v) is 23.6. The monoisotopic (exact) mass is 525 g/mol. The molecule has 3 aliphatic heterocycles. The molecule has 3 atom stereocenters. The number of ether oxygens (including phenoxy) is 1. The maximum absolute atomic E-state index is 12.2. The van der Waals surface area contributed by atoms with Gasteiger partial charge in [0.2, 0.25) is 11.8 Å². The topological polar surface area (TPSA) is 85.9 Å². The molecule has 0 radical (unpaired) electrons. The van der Waals surface area contributed by atoms with Gasteiger partial charge in [-0.3, -0.25) is 19.8 Å². The lowest BCUT2D eigenvalue weighted by molar-refractivity contribution is -0.134. The second-order valence-electron chi connectivity index (χ2n) is 11.5. The molecule has 3 heterocycles. The molecule has 0 spiro atoms. The number of anilines is 1. The predicted molar refractivity (Wildman–Crippen MR) is 152 cm³/mol.